The topological polar surface area (TPSA) is 43.8 Å². The molecule has 2 saturated carbocycles. The minimum Gasteiger partial charge on any atom is -0.480 e. The van der Waals surface area contributed by atoms with E-state index in [9.17, 15) is 18.7 Å². The van der Waals surface area contributed by atoms with Gasteiger partial charge in [0.25, 0.3) is 0 Å². The van der Waals surface area contributed by atoms with Gasteiger partial charge in [0.2, 0.25) is 0 Å². The number of carboxylic acid groups (broad SMARTS) is 1. The van der Waals surface area contributed by atoms with Crippen molar-refractivity contribution in [2.75, 3.05) is 26.2 Å². The molecule has 0 bridgehead atoms. The smallest absolute Gasteiger partial charge is 0.317 e. The second-order valence-electron chi connectivity index (χ2n) is 12.6. The van der Waals surface area contributed by atoms with Crippen LogP contribution >= 0.6 is 0 Å². The molecule has 1 heterocycles. The first-order valence-electron chi connectivity index (χ1n) is 15.6. The Morgan fingerprint density at radius 2 is 1.65 bits per heavy atom. The molecule has 2 aromatic carbocycles. The van der Waals surface area contributed by atoms with Crippen LogP contribution in [0.3, 0.4) is 0 Å². The van der Waals surface area contributed by atoms with Crippen LogP contribution in [0.2, 0.25) is 0 Å². The predicted molar refractivity (Wildman–Crippen MR) is 155 cm³/mol. The number of benzene rings is 2. The van der Waals surface area contributed by atoms with Crippen molar-refractivity contribution in [3.63, 3.8) is 0 Å². The molecule has 0 spiro atoms. The molecule has 3 atom stereocenters. The summed E-state index contributed by atoms with van der Waals surface area (Å²) in [5, 5.41) is 9.78. The lowest BCUT2D eigenvalue weighted by molar-refractivity contribution is -0.140. The van der Waals surface area contributed by atoms with Gasteiger partial charge in [-0.15, -0.1) is 0 Å². The minimum atomic E-state index is -0.775. The molecule has 0 amide bonds. The normalized spacial score (nSPS) is 25.0. The van der Waals surface area contributed by atoms with Gasteiger partial charge in [0.05, 0.1) is 6.54 Å². The van der Waals surface area contributed by atoms with E-state index in [4.69, 9.17) is 0 Å². The highest BCUT2D eigenvalue weighted by Gasteiger charge is 2.41. The van der Waals surface area contributed by atoms with Gasteiger partial charge in [-0.2, -0.15) is 0 Å². The zero-order valence-electron chi connectivity index (χ0n) is 23.8. The number of carboxylic acids is 1. The molecule has 0 aromatic heterocycles. The minimum absolute atomic E-state index is 0.166. The first kappa shape index (κ1) is 29.2. The molecule has 2 aromatic rings. The first-order chi connectivity index (χ1) is 19.5. The number of piperidine rings is 1. The maximum Gasteiger partial charge on any atom is 0.317 e. The molecule has 2 aliphatic carbocycles. The van der Waals surface area contributed by atoms with Gasteiger partial charge >= 0.3 is 5.97 Å². The zero-order valence-corrected chi connectivity index (χ0v) is 23.8. The molecule has 3 unspecified atom stereocenters. The molecular weight excluding hydrogens is 506 g/mol. The van der Waals surface area contributed by atoms with Crippen LogP contribution in [0.5, 0.6) is 0 Å². The Bertz CT molecular complexity index is 1080. The number of halogens is 2. The van der Waals surface area contributed by atoms with Gasteiger partial charge < -0.3 is 10.0 Å². The van der Waals surface area contributed by atoms with E-state index < -0.39 is 17.6 Å². The van der Waals surface area contributed by atoms with Crippen LogP contribution in [0.15, 0.2) is 48.5 Å². The number of likely N-dealkylation sites (tertiary alicyclic amines) is 1. The standard InChI is InChI=1S/C34H46F2N2O2/c35-32-15-14-26(20-33(32)36)9-7-8-25-16-18-37(19-17-25)23-28-21-30(22-31(28)27-10-3-1-4-11-27)38(24-34(39)40)29-12-5-2-6-13-29/h1,3-4,10-11,14-15,20,25,28-31H,2,5-9,12-13,16-19,21-24H2,(H,39,40). The van der Waals surface area contributed by atoms with Crippen molar-refractivity contribution < 1.29 is 18.7 Å². The van der Waals surface area contributed by atoms with Crippen molar-refractivity contribution >= 4 is 5.97 Å². The third-order valence-electron chi connectivity index (χ3n) is 9.99. The second kappa shape index (κ2) is 14.0. The Kier molecular flexibility index (Phi) is 10.2. The molecule has 3 fully saturated rings. The molecular formula is C34H46F2N2O2. The molecule has 3 aliphatic rings. The van der Waals surface area contributed by atoms with Gasteiger partial charge in [-0.05, 0) is 105 Å². The van der Waals surface area contributed by atoms with Gasteiger partial charge in [-0.25, -0.2) is 8.78 Å². The van der Waals surface area contributed by atoms with E-state index in [0.29, 0.717) is 29.8 Å². The van der Waals surface area contributed by atoms with Crippen molar-refractivity contribution in [3.8, 4) is 0 Å². The molecule has 4 nitrogen and oxygen atoms in total. The lowest BCUT2D eigenvalue weighted by Crippen LogP contribution is -2.46. The van der Waals surface area contributed by atoms with Crippen molar-refractivity contribution in [2.24, 2.45) is 11.8 Å². The van der Waals surface area contributed by atoms with Gasteiger partial charge in [0, 0.05) is 18.6 Å². The lowest BCUT2D eigenvalue weighted by atomic mass is 9.87. The van der Waals surface area contributed by atoms with Crippen LogP contribution in [-0.2, 0) is 11.2 Å². The van der Waals surface area contributed by atoms with Crippen LogP contribution < -0.4 is 0 Å². The second-order valence-corrected chi connectivity index (χ2v) is 12.6. The van der Waals surface area contributed by atoms with Crippen LogP contribution in [0, 0.1) is 23.5 Å². The summed E-state index contributed by atoms with van der Waals surface area (Å²) in [4.78, 5) is 16.9. The van der Waals surface area contributed by atoms with Gasteiger partial charge in [-0.1, -0.05) is 62.1 Å². The van der Waals surface area contributed by atoms with Crippen LogP contribution in [0.4, 0.5) is 8.78 Å². The summed E-state index contributed by atoms with van der Waals surface area (Å²) in [7, 11) is 0. The van der Waals surface area contributed by atoms with E-state index >= 15 is 0 Å². The van der Waals surface area contributed by atoms with E-state index in [-0.39, 0.29) is 6.54 Å². The highest BCUT2D eigenvalue weighted by atomic mass is 19.2. The quantitative estimate of drug-likeness (QED) is 0.318. The molecule has 6 heteroatoms. The summed E-state index contributed by atoms with van der Waals surface area (Å²) in [6.07, 6.45) is 13.4. The molecule has 1 saturated heterocycles. The molecule has 1 N–H and O–H groups in total. The number of aryl methyl sites for hydroxylation is 1. The summed E-state index contributed by atoms with van der Waals surface area (Å²) in [6, 6.07) is 15.9. The maximum absolute atomic E-state index is 13.5. The Balaban J connectivity index is 1.16. The molecule has 40 heavy (non-hydrogen) atoms. The Morgan fingerprint density at radius 3 is 2.35 bits per heavy atom. The Morgan fingerprint density at radius 1 is 0.900 bits per heavy atom. The number of aliphatic carboxylic acids is 1. The van der Waals surface area contributed by atoms with Crippen molar-refractivity contribution in [2.45, 2.75) is 95.1 Å². The highest BCUT2D eigenvalue weighted by Crippen LogP contribution is 2.44. The predicted octanol–water partition coefficient (Wildman–Crippen LogP) is 7.28. The third kappa shape index (κ3) is 7.70. The number of carbonyl (C=O) groups is 1. The summed E-state index contributed by atoms with van der Waals surface area (Å²) < 4.78 is 26.7. The average Bonchev–Trinajstić information content (AvgIpc) is 3.39. The fourth-order valence-electron chi connectivity index (χ4n) is 7.88. The lowest BCUT2D eigenvalue weighted by Gasteiger charge is -2.38. The third-order valence-corrected chi connectivity index (χ3v) is 9.99. The molecule has 218 valence electrons. The highest BCUT2D eigenvalue weighted by molar-refractivity contribution is 5.69. The number of rotatable bonds is 11. The van der Waals surface area contributed by atoms with Gasteiger partial charge in [0.15, 0.2) is 11.6 Å². The summed E-state index contributed by atoms with van der Waals surface area (Å²) in [5.41, 5.74) is 2.28. The van der Waals surface area contributed by atoms with E-state index in [1.807, 2.05) is 0 Å². The Hall–Kier alpha value is -2.31. The van der Waals surface area contributed by atoms with Crippen LogP contribution in [0.1, 0.15) is 87.7 Å². The first-order valence-corrected chi connectivity index (χ1v) is 15.6. The van der Waals surface area contributed by atoms with E-state index in [1.54, 1.807) is 6.07 Å². The fraction of sp³-hybridized carbons (Fsp3) is 0.618. The van der Waals surface area contributed by atoms with Crippen LogP contribution in [0.25, 0.3) is 0 Å². The van der Waals surface area contributed by atoms with E-state index in [0.717, 1.165) is 70.1 Å². The monoisotopic (exact) mass is 552 g/mol. The SMILES string of the molecule is O=C(O)CN(C1CCCCC1)C1CC(CN2CCC(CCCc3ccc(F)c(F)c3)CC2)C(c2ccccc2)C1. The van der Waals surface area contributed by atoms with Gasteiger partial charge in [0.1, 0.15) is 0 Å². The van der Waals surface area contributed by atoms with E-state index in [2.05, 4.69) is 40.1 Å². The summed E-state index contributed by atoms with van der Waals surface area (Å²) in [6.45, 7) is 3.47. The molecule has 1 aliphatic heterocycles. The van der Waals surface area contributed by atoms with Crippen molar-refractivity contribution in [1.29, 1.82) is 0 Å². The van der Waals surface area contributed by atoms with Gasteiger partial charge in [-0.3, -0.25) is 9.69 Å². The number of nitrogens with zero attached hydrogens (tertiary/aromatic N) is 2. The molecule has 5 rings (SSSR count). The number of hydrogen-bond acceptors (Lipinski definition) is 3. The summed E-state index contributed by atoms with van der Waals surface area (Å²) >= 11 is 0. The maximum atomic E-state index is 13.5. The fourth-order valence-corrected chi connectivity index (χ4v) is 7.88. The molecule has 0 radical (unpaired) electrons. The van der Waals surface area contributed by atoms with Crippen molar-refractivity contribution in [1.82, 2.24) is 9.80 Å². The number of hydrogen-bond donors (Lipinski definition) is 1. The van der Waals surface area contributed by atoms with Crippen LogP contribution in [-0.4, -0.2) is 59.1 Å². The Labute approximate surface area is 238 Å². The van der Waals surface area contributed by atoms with Crippen molar-refractivity contribution in [3.05, 3.63) is 71.3 Å². The largest absolute Gasteiger partial charge is 0.480 e. The summed E-state index contributed by atoms with van der Waals surface area (Å²) in [5.74, 6) is -0.518. The zero-order chi connectivity index (χ0) is 27.9. The van der Waals surface area contributed by atoms with E-state index in [1.165, 1.54) is 49.8 Å². The average molecular weight is 553 g/mol.